The van der Waals surface area contributed by atoms with Crippen LogP contribution in [0.15, 0.2) is 48.5 Å². The van der Waals surface area contributed by atoms with Crippen molar-refractivity contribution in [2.75, 3.05) is 20.8 Å². The number of hydrogen-bond acceptors (Lipinski definition) is 5. The van der Waals surface area contributed by atoms with Gasteiger partial charge in [0.25, 0.3) is 5.91 Å². The van der Waals surface area contributed by atoms with Gasteiger partial charge in [-0.05, 0) is 55.7 Å². The highest BCUT2D eigenvalue weighted by Gasteiger charge is 2.19. The summed E-state index contributed by atoms with van der Waals surface area (Å²) in [5.74, 6) is -0.721. The normalized spacial score (nSPS) is 11.7. The number of rotatable bonds is 9. The molecule has 2 rings (SSSR count). The lowest BCUT2D eigenvalue weighted by Gasteiger charge is -2.19. The largest absolute Gasteiger partial charge is 0.497 e. The van der Waals surface area contributed by atoms with Crippen LogP contribution < -0.4 is 10.1 Å². The van der Waals surface area contributed by atoms with Gasteiger partial charge in [0.1, 0.15) is 11.8 Å². The lowest BCUT2D eigenvalue weighted by Crippen LogP contribution is -2.40. The maximum absolute atomic E-state index is 12.3. The SMILES string of the molecule is COc1ccc(/C=C/C(=O)N[C@@H](C)C(=O)OCC(=O)N(C)Cc2ccc(C)cc2C)cc1. The van der Waals surface area contributed by atoms with Crippen LogP contribution in [0.25, 0.3) is 6.08 Å². The molecule has 0 saturated heterocycles. The van der Waals surface area contributed by atoms with Gasteiger partial charge in [0.2, 0.25) is 5.91 Å². The molecule has 170 valence electrons. The van der Waals surface area contributed by atoms with Crippen LogP contribution in [0.1, 0.15) is 29.2 Å². The van der Waals surface area contributed by atoms with Crippen molar-refractivity contribution >= 4 is 23.9 Å². The number of hydrogen-bond donors (Lipinski definition) is 1. The van der Waals surface area contributed by atoms with E-state index in [1.807, 2.05) is 26.0 Å². The first kappa shape index (κ1) is 24.7. The van der Waals surface area contributed by atoms with Gasteiger partial charge in [0.05, 0.1) is 7.11 Å². The van der Waals surface area contributed by atoms with E-state index in [4.69, 9.17) is 9.47 Å². The van der Waals surface area contributed by atoms with E-state index in [2.05, 4.69) is 11.4 Å². The summed E-state index contributed by atoms with van der Waals surface area (Å²) in [5.41, 5.74) is 4.10. The standard InChI is InChI=1S/C25H30N2O5/c1-17-6-10-21(18(2)14-17)15-27(4)24(29)16-32-25(30)19(3)26-23(28)13-9-20-7-11-22(31-5)12-8-20/h6-14,19H,15-16H2,1-5H3,(H,26,28)/b13-9+/t19-/m0/s1. The zero-order chi connectivity index (χ0) is 23.7. The molecule has 2 aromatic rings. The summed E-state index contributed by atoms with van der Waals surface area (Å²) in [6.45, 7) is 5.55. The third-order valence-electron chi connectivity index (χ3n) is 4.92. The topological polar surface area (TPSA) is 84.9 Å². The molecular weight excluding hydrogens is 408 g/mol. The highest BCUT2D eigenvalue weighted by molar-refractivity contribution is 5.94. The lowest BCUT2D eigenvalue weighted by atomic mass is 10.1. The molecule has 1 N–H and O–H groups in total. The number of benzene rings is 2. The Kier molecular flexibility index (Phi) is 9.01. The average Bonchev–Trinajstić information content (AvgIpc) is 2.77. The molecule has 2 amide bonds. The van der Waals surface area contributed by atoms with Crippen LogP contribution in [0.3, 0.4) is 0 Å². The third kappa shape index (κ3) is 7.58. The summed E-state index contributed by atoms with van der Waals surface area (Å²) in [5, 5.41) is 2.53. The first-order valence-electron chi connectivity index (χ1n) is 10.3. The van der Waals surface area contributed by atoms with Crippen LogP contribution in [0.2, 0.25) is 0 Å². The second-order valence-electron chi connectivity index (χ2n) is 7.62. The number of amides is 2. The number of likely N-dealkylation sites (N-methyl/N-ethyl adjacent to an activating group) is 1. The molecule has 1 atom stereocenters. The Morgan fingerprint density at radius 3 is 2.41 bits per heavy atom. The van der Waals surface area contributed by atoms with Gasteiger partial charge in [-0.15, -0.1) is 0 Å². The fourth-order valence-electron chi connectivity index (χ4n) is 2.94. The molecule has 0 spiro atoms. The maximum atomic E-state index is 12.3. The number of carbonyl (C=O) groups is 3. The third-order valence-corrected chi connectivity index (χ3v) is 4.92. The number of methoxy groups -OCH3 is 1. The Morgan fingerprint density at radius 2 is 1.78 bits per heavy atom. The molecule has 0 fully saturated rings. The van der Waals surface area contributed by atoms with Crippen LogP contribution >= 0.6 is 0 Å². The summed E-state index contributed by atoms with van der Waals surface area (Å²) in [4.78, 5) is 38.0. The van der Waals surface area contributed by atoms with Gasteiger partial charge in [-0.1, -0.05) is 35.9 Å². The van der Waals surface area contributed by atoms with Crippen LogP contribution in [-0.2, 0) is 25.7 Å². The molecule has 7 heteroatoms. The zero-order valence-corrected chi connectivity index (χ0v) is 19.2. The Balaban J connectivity index is 1.78. The van der Waals surface area contributed by atoms with Crippen molar-refractivity contribution in [2.45, 2.75) is 33.4 Å². The molecule has 0 heterocycles. The van der Waals surface area contributed by atoms with Crippen LogP contribution in [-0.4, -0.2) is 49.5 Å². The second kappa shape index (κ2) is 11.7. The van der Waals surface area contributed by atoms with Crippen molar-refractivity contribution in [3.05, 3.63) is 70.8 Å². The smallest absolute Gasteiger partial charge is 0.328 e. The number of nitrogens with one attached hydrogen (secondary N) is 1. The minimum absolute atomic E-state index is 0.323. The summed E-state index contributed by atoms with van der Waals surface area (Å²) < 4.78 is 10.2. The molecule has 0 aliphatic rings. The minimum Gasteiger partial charge on any atom is -0.497 e. The molecule has 0 unspecified atom stereocenters. The average molecular weight is 439 g/mol. The number of carbonyl (C=O) groups excluding carboxylic acids is 3. The first-order chi connectivity index (χ1) is 15.2. The van der Waals surface area contributed by atoms with Crippen LogP contribution in [0.4, 0.5) is 0 Å². The number of ether oxygens (including phenoxy) is 2. The van der Waals surface area contributed by atoms with Gasteiger partial charge in [0.15, 0.2) is 6.61 Å². The van der Waals surface area contributed by atoms with Crippen molar-refractivity contribution in [2.24, 2.45) is 0 Å². The van der Waals surface area contributed by atoms with Gasteiger partial charge in [-0.3, -0.25) is 9.59 Å². The fraction of sp³-hybridized carbons (Fsp3) is 0.320. The van der Waals surface area contributed by atoms with Crippen LogP contribution in [0, 0.1) is 13.8 Å². The molecule has 32 heavy (non-hydrogen) atoms. The monoisotopic (exact) mass is 438 g/mol. The molecular formula is C25H30N2O5. The van der Waals surface area contributed by atoms with Gasteiger partial charge < -0.3 is 19.7 Å². The summed E-state index contributed by atoms with van der Waals surface area (Å²) >= 11 is 0. The molecule has 0 radical (unpaired) electrons. The van der Waals surface area contributed by atoms with E-state index in [0.717, 1.165) is 28.0 Å². The molecule has 0 aromatic heterocycles. The van der Waals surface area contributed by atoms with Crippen molar-refractivity contribution in [1.82, 2.24) is 10.2 Å². The van der Waals surface area contributed by atoms with Crippen molar-refractivity contribution in [3.8, 4) is 5.75 Å². The van der Waals surface area contributed by atoms with Gasteiger partial charge in [-0.2, -0.15) is 0 Å². The van der Waals surface area contributed by atoms with Crippen molar-refractivity contribution in [1.29, 1.82) is 0 Å². The molecule has 0 bridgehead atoms. The predicted molar refractivity (Wildman–Crippen MR) is 123 cm³/mol. The zero-order valence-electron chi connectivity index (χ0n) is 19.2. The summed E-state index contributed by atoms with van der Waals surface area (Å²) in [7, 11) is 3.24. The van der Waals surface area contributed by atoms with E-state index in [1.54, 1.807) is 44.5 Å². The second-order valence-corrected chi connectivity index (χ2v) is 7.62. The Morgan fingerprint density at radius 1 is 1.09 bits per heavy atom. The van der Waals surface area contributed by atoms with E-state index in [0.29, 0.717) is 6.54 Å². The maximum Gasteiger partial charge on any atom is 0.328 e. The predicted octanol–water partition coefficient (Wildman–Crippen LogP) is 3.03. The van der Waals surface area contributed by atoms with Gasteiger partial charge in [0, 0.05) is 19.7 Å². The number of nitrogens with zero attached hydrogens (tertiary/aromatic N) is 1. The van der Waals surface area contributed by atoms with Crippen molar-refractivity contribution < 1.29 is 23.9 Å². The van der Waals surface area contributed by atoms with Gasteiger partial charge in [-0.25, -0.2) is 4.79 Å². The van der Waals surface area contributed by atoms with Crippen molar-refractivity contribution in [3.63, 3.8) is 0 Å². The van der Waals surface area contributed by atoms with Crippen LogP contribution in [0.5, 0.6) is 5.75 Å². The Labute approximate surface area is 189 Å². The lowest BCUT2D eigenvalue weighted by molar-refractivity contribution is -0.153. The van der Waals surface area contributed by atoms with E-state index >= 15 is 0 Å². The van der Waals surface area contributed by atoms with E-state index in [9.17, 15) is 14.4 Å². The highest BCUT2D eigenvalue weighted by Crippen LogP contribution is 2.13. The van der Waals surface area contributed by atoms with E-state index in [-0.39, 0.29) is 12.5 Å². The first-order valence-corrected chi connectivity index (χ1v) is 10.3. The van der Waals surface area contributed by atoms with E-state index in [1.165, 1.54) is 17.9 Å². The quantitative estimate of drug-likeness (QED) is 0.481. The minimum atomic E-state index is -0.888. The number of esters is 1. The fourth-order valence-corrected chi connectivity index (χ4v) is 2.94. The molecule has 7 nitrogen and oxygen atoms in total. The molecule has 0 aliphatic carbocycles. The number of aryl methyl sites for hydroxylation is 2. The summed E-state index contributed by atoms with van der Waals surface area (Å²) in [6, 6.07) is 12.3. The Bertz CT molecular complexity index is 982. The Hall–Kier alpha value is -3.61. The highest BCUT2D eigenvalue weighted by atomic mass is 16.5. The molecule has 0 aliphatic heterocycles. The van der Waals surface area contributed by atoms with E-state index < -0.39 is 17.9 Å². The van der Waals surface area contributed by atoms with Gasteiger partial charge >= 0.3 is 5.97 Å². The molecule has 0 saturated carbocycles. The summed E-state index contributed by atoms with van der Waals surface area (Å²) in [6.07, 6.45) is 2.95. The molecule has 2 aromatic carbocycles.